The molecule has 0 unspecified atom stereocenters. The van der Waals surface area contributed by atoms with Gasteiger partial charge in [0.05, 0.1) is 11.4 Å². The van der Waals surface area contributed by atoms with E-state index in [9.17, 15) is 4.79 Å². The van der Waals surface area contributed by atoms with E-state index in [1.807, 2.05) is 77.5 Å². The van der Waals surface area contributed by atoms with Crippen LogP contribution in [0.5, 0.6) is 0 Å². The lowest BCUT2D eigenvalue weighted by Gasteiger charge is -2.11. The van der Waals surface area contributed by atoms with E-state index >= 15 is 0 Å². The Balaban J connectivity index is 1.42. The number of nitrogens with zero attached hydrogens (tertiary/aromatic N) is 2. The second kappa shape index (κ2) is 8.04. The van der Waals surface area contributed by atoms with E-state index in [0.717, 1.165) is 28.2 Å². The van der Waals surface area contributed by atoms with Crippen molar-refractivity contribution in [2.24, 2.45) is 0 Å². The van der Waals surface area contributed by atoms with Crippen molar-refractivity contribution in [1.29, 1.82) is 0 Å². The van der Waals surface area contributed by atoms with Crippen molar-refractivity contribution in [3.05, 3.63) is 102 Å². The third-order valence-electron chi connectivity index (χ3n) is 5.16. The van der Waals surface area contributed by atoms with Crippen molar-refractivity contribution in [3.63, 3.8) is 0 Å². The Morgan fingerprint density at radius 1 is 0.871 bits per heavy atom. The van der Waals surface area contributed by atoms with Crippen LogP contribution in [0.4, 0.5) is 5.69 Å². The number of benzene rings is 3. The molecule has 0 bridgehead atoms. The quantitative estimate of drug-likeness (QED) is 0.300. The third-order valence-corrected chi connectivity index (χ3v) is 5.36. The van der Waals surface area contributed by atoms with E-state index in [0.29, 0.717) is 17.2 Å². The fourth-order valence-electron chi connectivity index (χ4n) is 3.79. The summed E-state index contributed by atoms with van der Waals surface area (Å²) in [5.74, 6) is -0.337. The van der Waals surface area contributed by atoms with Crippen LogP contribution in [0.25, 0.3) is 16.9 Å². The molecule has 3 aromatic carbocycles. The van der Waals surface area contributed by atoms with E-state index in [-0.39, 0.29) is 5.91 Å². The van der Waals surface area contributed by atoms with Crippen molar-refractivity contribution in [2.75, 3.05) is 5.32 Å². The molecule has 4 aromatic rings. The number of nitrogens with one attached hydrogen (secondary N) is 3. The monoisotopic (exact) mass is 425 g/mol. The first-order valence-electron chi connectivity index (χ1n) is 9.88. The normalized spacial score (nSPS) is 11.4. The highest BCUT2D eigenvalue weighted by Gasteiger charge is 2.30. The van der Waals surface area contributed by atoms with Crippen LogP contribution in [0.1, 0.15) is 21.6 Å². The number of para-hydroxylation sites is 2. The molecule has 0 saturated heterocycles. The molecule has 0 atom stereocenters. The number of thiocarbonyl (C=S) groups is 1. The summed E-state index contributed by atoms with van der Waals surface area (Å²) in [5.41, 5.74) is 11.7. The third kappa shape index (κ3) is 3.67. The van der Waals surface area contributed by atoms with Crippen LogP contribution in [-0.4, -0.2) is 20.8 Å². The van der Waals surface area contributed by atoms with Crippen LogP contribution in [0.3, 0.4) is 0 Å². The second-order valence-corrected chi connectivity index (χ2v) is 7.56. The number of hydrogen-bond donors (Lipinski definition) is 3. The molecule has 1 aliphatic rings. The van der Waals surface area contributed by atoms with Crippen LogP contribution in [-0.2, 0) is 6.42 Å². The number of carbonyl (C=O) groups is 1. The molecular weight excluding hydrogens is 406 g/mol. The van der Waals surface area contributed by atoms with Gasteiger partial charge in [-0.2, -0.15) is 5.10 Å². The van der Waals surface area contributed by atoms with Gasteiger partial charge in [0.15, 0.2) is 10.8 Å². The predicted octanol–water partition coefficient (Wildman–Crippen LogP) is 4.07. The van der Waals surface area contributed by atoms with Crippen LogP contribution >= 0.6 is 12.2 Å². The fraction of sp³-hybridized carbons (Fsp3) is 0.0417. The molecule has 1 aliphatic carbocycles. The number of aromatic nitrogens is 2. The summed E-state index contributed by atoms with van der Waals surface area (Å²) < 4.78 is 1.84. The maximum atomic E-state index is 13.0. The van der Waals surface area contributed by atoms with Crippen molar-refractivity contribution >= 4 is 28.9 Å². The molecule has 0 spiro atoms. The zero-order valence-corrected chi connectivity index (χ0v) is 17.3. The maximum Gasteiger partial charge on any atom is 0.290 e. The average Bonchev–Trinajstić information content (AvgIpc) is 3.36. The largest absolute Gasteiger partial charge is 0.331 e. The van der Waals surface area contributed by atoms with Crippen molar-refractivity contribution in [2.45, 2.75) is 6.42 Å². The van der Waals surface area contributed by atoms with Gasteiger partial charge in [0.1, 0.15) is 0 Å². The molecular formula is C24H19N5OS. The van der Waals surface area contributed by atoms with Gasteiger partial charge in [-0.15, -0.1) is 0 Å². The van der Waals surface area contributed by atoms with E-state index < -0.39 is 0 Å². The molecule has 0 fully saturated rings. The SMILES string of the molecule is O=C(NNC(=S)Nc1ccccc1)c1nn(-c2ccccc2)c2c1Cc1ccccc1-2. The van der Waals surface area contributed by atoms with Gasteiger partial charge < -0.3 is 5.32 Å². The molecule has 7 heteroatoms. The zero-order valence-electron chi connectivity index (χ0n) is 16.5. The van der Waals surface area contributed by atoms with Crippen molar-refractivity contribution in [1.82, 2.24) is 20.6 Å². The lowest BCUT2D eigenvalue weighted by molar-refractivity contribution is 0.0938. The smallest absolute Gasteiger partial charge is 0.290 e. The topological polar surface area (TPSA) is 71.0 Å². The summed E-state index contributed by atoms with van der Waals surface area (Å²) in [6.07, 6.45) is 0.661. The molecule has 31 heavy (non-hydrogen) atoms. The predicted molar refractivity (Wildman–Crippen MR) is 125 cm³/mol. The maximum absolute atomic E-state index is 13.0. The molecule has 1 heterocycles. The molecule has 5 rings (SSSR count). The highest BCUT2D eigenvalue weighted by Crippen LogP contribution is 2.39. The summed E-state index contributed by atoms with van der Waals surface area (Å²) in [6.45, 7) is 0. The van der Waals surface area contributed by atoms with Gasteiger partial charge in [-0.3, -0.25) is 15.6 Å². The standard InChI is InChI=1S/C24H19N5OS/c30-23(26-27-24(31)25-17-10-3-1-4-11-17)21-20-15-16-9-7-8-14-19(16)22(20)29(28-21)18-12-5-2-6-13-18/h1-14H,15H2,(H,26,30)(H2,25,27,31). The molecule has 1 amide bonds. The summed E-state index contributed by atoms with van der Waals surface area (Å²) in [5, 5.41) is 7.98. The Morgan fingerprint density at radius 2 is 1.55 bits per heavy atom. The first kappa shape index (κ1) is 19.0. The molecule has 3 N–H and O–H groups in total. The van der Waals surface area contributed by atoms with Crippen LogP contribution in [0, 0.1) is 0 Å². The Bertz CT molecular complexity index is 1270. The van der Waals surface area contributed by atoms with Gasteiger partial charge in [0, 0.05) is 23.2 Å². The summed E-state index contributed by atoms with van der Waals surface area (Å²) in [4.78, 5) is 13.0. The number of amides is 1. The van der Waals surface area contributed by atoms with E-state index in [1.54, 1.807) is 0 Å². The van der Waals surface area contributed by atoms with Gasteiger partial charge in [-0.05, 0) is 42.0 Å². The van der Waals surface area contributed by atoms with Crippen LogP contribution < -0.4 is 16.2 Å². The fourth-order valence-corrected chi connectivity index (χ4v) is 3.95. The molecule has 0 radical (unpaired) electrons. The van der Waals surface area contributed by atoms with E-state index in [2.05, 4.69) is 33.4 Å². The highest BCUT2D eigenvalue weighted by atomic mass is 32.1. The summed E-state index contributed by atoms with van der Waals surface area (Å²) in [7, 11) is 0. The molecule has 0 saturated carbocycles. The van der Waals surface area contributed by atoms with E-state index in [4.69, 9.17) is 12.2 Å². The number of fused-ring (bicyclic) bond motifs is 3. The first-order valence-corrected chi connectivity index (χ1v) is 10.3. The molecule has 1 aromatic heterocycles. The first-order chi connectivity index (χ1) is 15.2. The average molecular weight is 426 g/mol. The Hall–Kier alpha value is -3.97. The van der Waals surface area contributed by atoms with Gasteiger partial charge in [0.2, 0.25) is 0 Å². The Labute approximate surface area is 184 Å². The molecule has 0 aliphatic heterocycles. The number of carbonyl (C=O) groups excluding carboxylic acids is 1. The van der Waals surface area contributed by atoms with Crippen molar-refractivity contribution < 1.29 is 4.79 Å². The highest BCUT2D eigenvalue weighted by molar-refractivity contribution is 7.80. The summed E-state index contributed by atoms with van der Waals surface area (Å²) in [6, 6.07) is 27.5. The van der Waals surface area contributed by atoms with Crippen LogP contribution in [0.15, 0.2) is 84.9 Å². The molecule has 152 valence electrons. The lowest BCUT2D eigenvalue weighted by Crippen LogP contribution is -2.44. The minimum Gasteiger partial charge on any atom is -0.331 e. The number of rotatable bonds is 3. The van der Waals surface area contributed by atoms with E-state index in [1.165, 1.54) is 5.56 Å². The Kier molecular flexibility index (Phi) is 4.93. The minimum absolute atomic E-state index is 0.293. The van der Waals surface area contributed by atoms with Crippen molar-refractivity contribution in [3.8, 4) is 16.9 Å². The number of anilines is 1. The van der Waals surface area contributed by atoms with Crippen LogP contribution in [0.2, 0.25) is 0 Å². The lowest BCUT2D eigenvalue weighted by atomic mass is 10.1. The number of hydrazine groups is 1. The summed E-state index contributed by atoms with van der Waals surface area (Å²) >= 11 is 5.28. The minimum atomic E-state index is -0.337. The van der Waals surface area contributed by atoms with Gasteiger partial charge in [-0.25, -0.2) is 4.68 Å². The number of hydrogen-bond acceptors (Lipinski definition) is 3. The van der Waals surface area contributed by atoms with Gasteiger partial charge in [0.25, 0.3) is 5.91 Å². The van der Waals surface area contributed by atoms with Gasteiger partial charge >= 0.3 is 0 Å². The van der Waals surface area contributed by atoms with Gasteiger partial charge in [-0.1, -0.05) is 60.7 Å². The molecule has 6 nitrogen and oxygen atoms in total. The second-order valence-electron chi connectivity index (χ2n) is 7.16. The Morgan fingerprint density at radius 3 is 2.32 bits per heavy atom. The zero-order chi connectivity index (χ0) is 21.2.